The highest BCUT2D eigenvalue weighted by Crippen LogP contribution is 2.44. The molecular formula is C14H28ClN3O2. The van der Waals surface area contributed by atoms with E-state index in [9.17, 15) is 4.79 Å². The topological polar surface area (TPSA) is 53.6 Å². The standard InChI is InChI=1S/C14H27N3O2.ClH/c1-19-12-5-14(3-2-4-14)13(18)16-8-11-17-9-6-15-7-10-17;/h15H,2-12H2,1H3,(H,16,18);1H. The number of rotatable bonds is 7. The smallest absolute Gasteiger partial charge is 0.226 e. The normalized spacial score (nSPS) is 21.6. The van der Waals surface area contributed by atoms with E-state index in [1.54, 1.807) is 7.11 Å². The molecule has 2 aliphatic rings. The first-order valence-corrected chi connectivity index (χ1v) is 7.47. The van der Waals surface area contributed by atoms with Gasteiger partial charge in [-0.3, -0.25) is 9.69 Å². The zero-order valence-corrected chi connectivity index (χ0v) is 13.3. The molecule has 0 atom stereocenters. The van der Waals surface area contributed by atoms with Gasteiger partial charge in [-0.2, -0.15) is 0 Å². The van der Waals surface area contributed by atoms with Crippen molar-refractivity contribution in [2.45, 2.75) is 25.7 Å². The monoisotopic (exact) mass is 305 g/mol. The van der Waals surface area contributed by atoms with Crippen LogP contribution in [-0.2, 0) is 9.53 Å². The number of methoxy groups -OCH3 is 1. The lowest BCUT2D eigenvalue weighted by molar-refractivity contribution is -0.137. The maximum absolute atomic E-state index is 12.3. The average molecular weight is 306 g/mol. The van der Waals surface area contributed by atoms with Gasteiger partial charge in [-0.05, 0) is 19.3 Å². The Kier molecular flexibility index (Phi) is 7.80. The highest BCUT2D eigenvalue weighted by Gasteiger charge is 2.43. The van der Waals surface area contributed by atoms with E-state index in [1.165, 1.54) is 6.42 Å². The SMILES string of the molecule is COCCC1(C(=O)NCCN2CCNCC2)CCC1.Cl. The molecule has 0 aromatic rings. The Hall–Kier alpha value is -0.360. The highest BCUT2D eigenvalue weighted by atomic mass is 35.5. The molecule has 0 radical (unpaired) electrons. The summed E-state index contributed by atoms with van der Waals surface area (Å²) in [6.07, 6.45) is 4.09. The van der Waals surface area contributed by atoms with Crippen LogP contribution in [0, 0.1) is 5.41 Å². The quantitative estimate of drug-likeness (QED) is 0.725. The second kappa shape index (κ2) is 8.82. The van der Waals surface area contributed by atoms with Crippen molar-refractivity contribution < 1.29 is 9.53 Å². The minimum absolute atomic E-state index is 0. The molecule has 0 aromatic carbocycles. The van der Waals surface area contributed by atoms with E-state index in [0.717, 1.165) is 58.5 Å². The van der Waals surface area contributed by atoms with Crippen LogP contribution in [0.2, 0.25) is 0 Å². The Morgan fingerprint density at radius 1 is 1.35 bits per heavy atom. The molecule has 5 nitrogen and oxygen atoms in total. The van der Waals surface area contributed by atoms with E-state index in [4.69, 9.17) is 4.74 Å². The van der Waals surface area contributed by atoms with Gasteiger partial charge in [0.2, 0.25) is 5.91 Å². The fraction of sp³-hybridized carbons (Fsp3) is 0.929. The third-order valence-electron chi connectivity index (χ3n) is 4.50. The van der Waals surface area contributed by atoms with Crippen molar-refractivity contribution >= 4 is 18.3 Å². The number of carbonyl (C=O) groups is 1. The minimum Gasteiger partial charge on any atom is -0.385 e. The maximum atomic E-state index is 12.3. The minimum atomic E-state index is -0.126. The third kappa shape index (κ3) is 4.58. The number of nitrogens with zero attached hydrogens (tertiary/aromatic N) is 1. The predicted octanol–water partition coefficient (Wildman–Crippen LogP) is 0.636. The van der Waals surface area contributed by atoms with Crippen LogP contribution < -0.4 is 10.6 Å². The van der Waals surface area contributed by atoms with Gasteiger partial charge in [0.1, 0.15) is 0 Å². The molecule has 0 aromatic heterocycles. The van der Waals surface area contributed by atoms with Gasteiger partial charge in [0.05, 0.1) is 5.41 Å². The van der Waals surface area contributed by atoms with E-state index in [2.05, 4.69) is 15.5 Å². The Balaban J connectivity index is 0.00000200. The van der Waals surface area contributed by atoms with E-state index < -0.39 is 0 Å². The number of amides is 1. The second-order valence-electron chi connectivity index (χ2n) is 5.72. The summed E-state index contributed by atoms with van der Waals surface area (Å²) < 4.78 is 5.13. The van der Waals surface area contributed by atoms with Crippen molar-refractivity contribution in [3.63, 3.8) is 0 Å². The molecule has 1 saturated heterocycles. The van der Waals surface area contributed by atoms with Crippen LogP contribution in [0.4, 0.5) is 0 Å². The predicted molar refractivity (Wildman–Crippen MR) is 82.3 cm³/mol. The van der Waals surface area contributed by atoms with E-state index in [-0.39, 0.29) is 23.7 Å². The molecule has 1 amide bonds. The summed E-state index contributed by atoms with van der Waals surface area (Å²) in [5, 5.41) is 6.46. The summed E-state index contributed by atoms with van der Waals surface area (Å²) in [7, 11) is 1.70. The lowest BCUT2D eigenvalue weighted by Gasteiger charge is -2.40. The molecule has 0 spiro atoms. The Labute approximate surface area is 128 Å². The van der Waals surface area contributed by atoms with Gasteiger partial charge < -0.3 is 15.4 Å². The summed E-state index contributed by atoms with van der Waals surface area (Å²) in [6, 6.07) is 0. The van der Waals surface area contributed by atoms with Gasteiger partial charge >= 0.3 is 0 Å². The maximum Gasteiger partial charge on any atom is 0.226 e. The fourth-order valence-electron chi connectivity index (χ4n) is 2.94. The summed E-state index contributed by atoms with van der Waals surface area (Å²) >= 11 is 0. The van der Waals surface area contributed by atoms with Gasteiger partial charge in [0, 0.05) is 53.0 Å². The zero-order valence-electron chi connectivity index (χ0n) is 12.5. The van der Waals surface area contributed by atoms with Crippen molar-refractivity contribution in [1.29, 1.82) is 0 Å². The number of carbonyl (C=O) groups excluding carboxylic acids is 1. The van der Waals surface area contributed by atoms with Crippen LogP contribution in [0.5, 0.6) is 0 Å². The Morgan fingerprint density at radius 3 is 2.60 bits per heavy atom. The van der Waals surface area contributed by atoms with Crippen LogP contribution in [0.15, 0.2) is 0 Å². The zero-order chi connectivity index (χ0) is 13.6. The van der Waals surface area contributed by atoms with Crippen LogP contribution >= 0.6 is 12.4 Å². The van der Waals surface area contributed by atoms with Gasteiger partial charge in [-0.15, -0.1) is 12.4 Å². The first-order chi connectivity index (χ1) is 9.27. The number of nitrogens with one attached hydrogen (secondary N) is 2. The molecule has 2 fully saturated rings. The average Bonchev–Trinajstić information content (AvgIpc) is 2.39. The van der Waals surface area contributed by atoms with Crippen LogP contribution in [0.25, 0.3) is 0 Å². The Morgan fingerprint density at radius 2 is 2.05 bits per heavy atom. The molecule has 2 rings (SSSR count). The second-order valence-corrected chi connectivity index (χ2v) is 5.72. The van der Waals surface area contributed by atoms with Gasteiger partial charge in [-0.1, -0.05) is 6.42 Å². The lowest BCUT2D eigenvalue weighted by atomic mass is 9.66. The van der Waals surface area contributed by atoms with Crippen LogP contribution in [0.1, 0.15) is 25.7 Å². The van der Waals surface area contributed by atoms with Crippen LogP contribution in [-0.4, -0.2) is 63.8 Å². The van der Waals surface area contributed by atoms with Crippen molar-refractivity contribution in [3.05, 3.63) is 0 Å². The third-order valence-corrected chi connectivity index (χ3v) is 4.50. The van der Waals surface area contributed by atoms with E-state index in [1.807, 2.05) is 0 Å². The number of hydrogen-bond donors (Lipinski definition) is 2. The van der Waals surface area contributed by atoms with Crippen molar-refractivity contribution in [1.82, 2.24) is 15.5 Å². The largest absolute Gasteiger partial charge is 0.385 e. The number of halogens is 1. The Bertz CT molecular complexity index is 292. The summed E-state index contributed by atoms with van der Waals surface area (Å²) in [5.74, 6) is 0.242. The molecule has 1 saturated carbocycles. The molecule has 20 heavy (non-hydrogen) atoms. The molecule has 2 N–H and O–H groups in total. The lowest BCUT2D eigenvalue weighted by Crippen LogP contribution is -2.50. The number of hydrogen-bond acceptors (Lipinski definition) is 4. The number of piperazine rings is 1. The molecule has 0 bridgehead atoms. The first kappa shape index (κ1) is 17.7. The first-order valence-electron chi connectivity index (χ1n) is 7.47. The molecule has 0 unspecified atom stereocenters. The van der Waals surface area contributed by atoms with Gasteiger partial charge in [0.25, 0.3) is 0 Å². The van der Waals surface area contributed by atoms with Crippen molar-refractivity contribution in [2.75, 3.05) is 53.0 Å². The summed E-state index contributed by atoms with van der Waals surface area (Å²) in [4.78, 5) is 14.7. The molecule has 1 heterocycles. The molecule has 1 aliphatic carbocycles. The summed E-state index contributed by atoms with van der Waals surface area (Å²) in [6.45, 7) is 6.72. The van der Waals surface area contributed by atoms with Crippen molar-refractivity contribution in [2.24, 2.45) is 5.41 Å². The van der Waals surface area contributed by atoms with Crippen molar-refractivity contribution in [3.8, 4) is 0 Å². The summed E-state index contributed by atoms with van der Waals surface area (Å²) in [5.41, 5.74) is -0.126. The van der Waals surface area contributed by atoms with Gasteiger partial charge in [-0.25, -0.2) is 0 Å². The highest BCUT2D eigenvalue weighted by molar-refractivity contribution is 5.85. The molecule has 1 aliphatic heterocycles. The molecule has 118 valence electrons. The molecular weight excluding hydrogens is 278 g/mol. The fourth-order valence-corrected chi connectivity index (χ4v) is 2.94. The molecule has 6 heteroatoms. The number of ether oxygens (including phenoxy) is 1. The van der Waals surface area contributed by atoms with Gasteiger partial charge in [0.15, 0.2) is 0 Å². The van der Waals surface area contributed by atoms with E-state index in [0.29, 0.717) is 6.61 Å². The van der Waals surface area contributed by atoms with E-state index >= 15 is 0 Å². The van der Waals surface area contributed by atoms with Crippen LogP contribution in [0.3, 0.4) is 0 Å².